The highest BCUT2D eigenvalue weighted by atomic mass is 35.5. The van der Waals surface area contributed by atoms with Crippen molar-refractivity contribution in [2.24, 2.45) is 0 Å². The summed E-state index contributed by atoms with van der Waals surface area (Å²) in [4.78, 5) is 28.9. The third kappa shape index (κ3) is 4.03. The highest BCUT2D eigenvalue weighted by molar-refractivity contribution is 6.30. The van der Waals surface area contributed by atoms with Crippen LogP contribution in [0.25, 0.3) is 11.5 Å². The van der Waals surface area contributed by atoms with Gasteiger partial charge in [0.1, 0.15) is 22.8 Å². The number of nitrogens with zero attached hydrogens (tertiary/aromatic N) is 2. The molecule has 1 aliphatic rings. The Kier molecular flexibility index (Phi) is 5.79. The number of rotatable bonds is 7. The van der Waals surface area contributed by atoms with Crippen LogP contribution in [0.3, 0.4) is 0 Å². The molecule has 1 N–H and O–H groups in total. The Balaban J connectivity index is 1.46. The first-order valence-corrected chi connectivity index (χ1v) is 11.4. The summed E-state index contributed by atoms with van der Waals surface area (Å²) in [5.74, 6) is 0.959. The Morgan fingerprint density at radius 3 is 2.47 bits per heavy atom. The summed E-state index contributed by atoms with van der Waals surface area (Å²) in [7, 11) is 0. The summed E-state index contributed by atoms with van der Waals surface area (Å²) in [6.45, 7) is 2.77. The summed E-state index contributed by atoms with van der Waals surface area (Å²) >= 11 is 5.98. The van der Waals surface area contributed by atoms with Crippen molar-refractivity contribution in [3.8, 4) is 11.5 Å². The van der Waals surface area contributed by atoms with E-state index >= 15 is 0 Å². The van der Waals surface area contributed by atoms with Crippen LogP contribution in [0, 0.1) is 0 Å². The number of fused-ring (bicyclic) bond motifs is 1. The molecule has 5 rings (SSSR count). The van der Waals surface area contributed by atoms with Crippen molar-refractivity contribution in [1.82, 2.24) is 14.8 Å². The maximum atomic E-state index is 13.6. The fourth-order valence-corrected chi connectivity index (χ4v) is 4.54. The lowest BCUT2D eigenvalue weighted by Crippen LogP contribution is -2.64. The molecule has 0 saturated carbocycles. The maximum Gasteiger partial charge on any atom is 0.271 e. The molecule has 0 radical (unpaired) electrons. The zero-order chi connectivity index (χ0) is 23.7. The molecule has 8 heteroatoms. The van der Waals surface area contributed by atoms with Crippen molar-refractivity contribution < 1.29 is 18.4 Å². The van der Waals surface area contributed by atoms with Crippen LogP contribution in [0.2, 0.25) is 5.02 Å². The molecule has 0 fully saturated rings. The van der Waals surface area contributed by atoms with Gasteiger partial charge >= 0.3 is 0 Å². The SMILES string of the molecule is C[C@]1(C(=O)NCc2ccc(Cl)cc2)Cn2c(ccc2-c2ccco2)C(=O)N1CCc1ccco1. The van der Waals surface area contributed by atoms with E-state index < -0.39 is 5.54 Å². The van der Waals surface area contributed by atoms with Crippen molar-refractivity contribution in [2.75, 3.05) is 6.54 Å². The number of nitrogens with one attached hydrogen (secondary N) is 1. The Bertz CT molecular complexity index is 1290. The van der Waals surface area contributed by atoms with E-state index in [0.29, 0.717) is 42.5 Å². The van der Waals surface area contributed by atoms with E-state index in [2.05, 4.69) is 5.32 Å². The maximum absolute atomic E-state index is 13.6. The summed E-state index contributed by atoms with van der Waals surface area (Å²) in [6.07, 6.45) is 3.70. The third-order valence-corrected chi connectivity index (χ3v) is 6.55. The lowest BCUT2D eigenvalue weighted by Gasteiger charge is -2.44. The monoisotopic (exact) mass is 477 g/mol. The van der Waals surface area contributed by atoms with E-state index in [1.165, 1.54) is 0 Å². The number of hydrogen-bond donors (Lipinski definition) is 1. The van der Waals surface area contributed by atoms with Crippen LogP contribution in [0.15, 0.2) is 82.0 Å². The Hall–Kier alpha value is -3.71. The minimum absolute atomic E-state index is 0.209. The van der Waals surface area contributed by atoms with Gasteiger partial charge < -0.3 is 23.6 Å². The largest absolute Gasteiger partial charge is 0.469 e. The minimum atomic E-state index is -1.12. The normalized spacial score (nSPS) is 17.6. The van der Waals surface area contributed by atoms with Gasteiger partial charge in [0.05, 0.1) is 24.8 Å². The van der Waals surface area contributed by atoms with Gasteiger partial charge in [-0.3, -0.25) is 9.59 Å². The van der Waals surface area contributed by atoms with E-state index in [1.54, 1.807) is 48.6 Å². The number of benzene rings is 1. The standard InChI is InChI=1S/C26H24ClN3O4/c1-26(25(32)28-16-18-6-8-19(27)9-7-18)17-29-21(23-5-3-15-34-23)10-11-22(29)24(31)30(26)13-12-20-4-2-14-33-20/h2-11,14-15H,12-13,16-17H2,1H3,(H,28,32)/t26-/m1/s1. The molecule has 4 heterocycles. The zero-order valence-electron chi connectivity index (χ0n) is 18.7. The van der Waals surface area contributed by atoms with Gasteiger partial charge in [0.25, 0.3) is 5.91 Å². The van der Waals surface area contributed by atoms with Crippen LogP contribution >= 0.6 is 11.6 Å². The molecule has 0 bridgehead atoms. The molecule has 0 spiro atoms. The summed E-state index contributed by atoms with van der Waals surface area (Å²) < 4.78 is 12.9. The van der Waals surface area contributed by atoms with Gasteiger partial charge in [-0.1, -0.05) is 23.7 Å². The topological polar surface area (TPSA) is 80.6 Å². The van der Waals surface area contributed by atoms with Crippen molar-refractivity contribution in [2.45, 2.75) is 32.0 Å². The van der Waals surface area contributed by atoms with E-state index in [0.717, 1.165) is 17.0 Å². The molecule has 0 saturated heterocycles. The molecule has 2 amide bonds. The average Bonchev–Trinajstić information content (AvgIpc) is 3.60. The van der Waals surface area contributed by atoms with Crippen molar-refractivity contribution >= 4 is 23.4 Å². The fourth-order valence-electron chi connectivity index (χ4n) is 4.41. The predicted octanol–water partition coefficient (Wildman–Crippen LogP) is 4.77. The smallest absolute Gasteiger partial charge is 0.271 e. The molecule has 4 aromatic rings. The quantitative estimate of drug-likeness (QED) is 0.416. The molecular weight excluding hydrogens is 454 g/mol. The average molecular weight is 478 g/mol. The first-order valence-electron chi connectivity index (χ1n) is 11.1. The van der Waals surface area contributed by atoms with Gasteiger partial charge in [-0.2, -0.15) is 0 Å². The van der Waals surface area contributed by atoms with E-state index in [9.17, 15) is 9.59 Å². The molecule has 0 aliphatic carbocycles. The van der Waals surface area contributed by atoms with Gasteiger partial charge in [0.2, 0.25) is 5.91 Å². The molecule has 1 atom stereocenters. The molecule has 34 heavy (non-hydrogen) atoms. The molecule has 0 unspecified atom stereocenters. The molecule has 7 nitrogen and oxygen atoms in total. The lowest BCUT2D eigenvalue weighted by atomic mass is 9.94. The highest BCUT2D eigenvalue weighted by Gasteiger charge is 2.47. The lowest BCUT2D eigenvalue weighted by molar-refractivity contribution is -0.133. The van der Waals surface area contributed by atoms with Gasteiger partial charge in [-0.15, -0.1) is 0 Å². The molecule has 3 aromatic heterocycles. The van der Waals surface area contributed by atoms with Crippen LogP contribution in [0.4, 0.5) is 0 Å². The minimum Gasteiger partial charge on any atom is -0.469 e. The molecule has 174 valence electrons. The number of carbonyl (C=O) groups excluding carboxylic acids is 2. The van der Waals surface area contributed by atoms with Gasteiger partial charge in [-0.05, 0) is 61.0 Å². The third-order valence-electron chi connectivity index (χ3n) is 6.30. The number of amides is 2. The van der Waals surface area contributed by atoms with E-state index in [1.807, 2.05) is 41.0 Å². The van der Waals surface area contributed by atoms with Crippen LogP contribution in [0.5, 0.6) is 0 Å². The number of halogens is 1. The van der Waals surface area contributed by atoms with Crippen molar-refractivity contribution in [3.05, 3.63) is 95.2 Å². The molecule has 1 aromatic carbocycles. The van der Waals surface area contributed by atoms with Gasteiger partial charge in [0.15, 0.2) is 0 Å². The van der Waals surface area contributed by atoms with E-state index in [-0.39, 0.29) is 11.8 Å². The van der Waals surface area contributed by atoms with Gasteiger partial charge in [-0.25, -0.2) is 0 Å². The predicted molar refractivity (Wildman–Crippen MR) is 127 cm³/mol. The summed E-state index contributed by atoms with van der Waals surface area (Å²) in [5, 5.41) is 3.65. The van der Waals surface area contributed by atoms with Crippen LogP contribution in [-0.4, -0.2) is 33.4 Å². The molecule has 1 aliphatic heterocycles. The first-order chi connectivity index (χ1) is 16.5. The number of furan rings is 2. The van der Waals surface area contributed by atoms with Crippen LogP contribution < -0.4 is 5.32 Å². The second-order valence-corrected chi connectivity index (χ2v) is 8.97. The van der Waals surface area contributed by atoms with Crippen molar-refractivity contribution in [3.63, 3.8) is 0 Å². The Labute approximate surface area is 201 Å². The van der Waals surface area contributed by atoms with E-state index in [4.69, 9.17) is 20.4 Å². The molecular formula is C26H24ClN3O4. The highest BCUT2D eigenvalue weighted by Crippen LogP contribution is 2.33. The number of carbonyl (C=O) groups is 2. The fraction of sp³-hybridized carbons (Fsp3) is 0.231. The van der Waals surface area contributed by atoms with Crippen LogP contribution in [0.1, 0.15) is 28.7 Å². The Morgan fingerprint density at radius 1 is 1.03 bits per heavy atom. The number of hydrogen-bond acceptors (Lipinski definition) is 4. The number of aromatic nitrogens is 1. The summed E-state index contributed by atoms with van der Waals surface area (Å²) in [5.41, 5.74) is 1.08. The Morgan fingerprint density at radius 2 is 1.76 bits per heavy atom. The van der Waals surface area contributed by atoms with Crippen molar-refractivity contribution in [1.29, 1.82) is 0 Å². The summed E-state index contributed by atoms with van der Waals surface area (Å²) in [6, 6.07) is 18.3. The second-order valence-electron chi connectivity index (χ2n) is 8.54. The zero-order valence-corrected chi connectivity index (χ0v) is 19.4. The second kappa shape index (κ2) is 8.91. The van der Waals surface area contributed by atoms with Crippen LogP contribution in [-0.2, 0) is 24.3 Å². The first kappa shape index (κ1) is 22.1. The van der Waals surface area contributed by atoms with Gasteiger partial charge in [0, 0.05) is 24.5 Å².